The first-order valence-corrected chi connectivity index (χ1v) is 8.26. The van der Waals surface area contributed by atoms with Crippen LogP contribution in [0.2, 0.25) is 15.1 Å². The van der Waals surface area contributed by atoms with Gasteiger partial charge in [-0.2, -0.15) is 4.98 Å². The first kappa shape index (κ1) is 16.8. The van der Waals surface area contributed by atoms with E-state index in [1.807, 2.05) is 24.3 Å². The number of anilines is 3. The summed E-state index contributed by atoms with van der Waals surface area (Å²) < 4.78 is 0. The first-order valence-electron chi connectivity index (χ1n) is 7.13. The van der Waals surface area contributed by atoms with E-state index in [0.717, 1.165) is 11.3 Å². The van der Waals surface area contributed by atoms with Crippen LogP contribution in [0.5, 0.6) is 0 Å². The first-order chi connectivity index (χ1) is 11.6. The predicted octanol–water partition coefficient (Wildman–Crippen LogP) is 5.79. The van der Waals surface area contributed by atoms with E-state index < -0.39 is 0 Å². The van der Waals surface area contributed by atoms with Gasteiger partial charge in [0.15, 0.2) is 0 Å². The maximum Gasteiger partial charge on any atom is 0.224 e. The molecule has 2 aromatic carbocycles. The highest BCUT2D eigenvalue weighted by molar-refractivity contribution is 6.35. The zero-order valence-corrected chi connectivity index (χ0v) is 14.7. The van der Waals surface area contributed by atoms with Gasteiger partial charge in [0.1, 0.15) is 5.82 Å². The van der Waals surface area contributed by atoms with Crippen molar-refractivity contribution in [2.45, 2.75) is 6.54 Å². The number of nitrogens with zero attached hydrogens (tertiary/aromatic N) is 2. The predicted molar refractivity (Wildman–Crippen MR) is 101 cm³/mol. The van der Waals surface area contributed by atoms with E-state index in [1.165, 1.54) is 0 Å². The van der Waals surface area contributed by atoms with E-state index in [2.05, 4.69) is 20.6 Å². The molecule has 0 saturated carbocycles. The molecule has 1 aromatic heterocycles. The van der Waals surface area contributed by atoms with Crippen LogP contribution in [0.15, 0.2) is 54.7 Å². The summed E-state index contributed by atoms with van der Waals surface area (Å²) >= 11 is 17.9. The molecule has 3 aromatic rings. The zero-order chi connectivity index (χ0) is 16.9. The fraction of sp³-hybridized carbons (Fsp3) is 0.0588. The second kappa shape index (κ2) is 7.71. The minimum atomic E-state index is 0.517. The van der Waals surface area contributed by atoms with Crippen molar-refractivity contribution < 1.29 is 0 Å². The van der Waals surface area contributed by atoms with E-state index in [4.69, 9.17) is 34.8 Å². The number of hydrogen-bond acceptors (Lipinski definition) is 4. The lowest BCUT2D eigenvalue weighted by Gasteiger charge is -2.09. The van der Waals surface area contributed by atoms with Crippen molar-refractivity contribution in [2.24, 2.45) is 0 Å². The van der Waals surface area contributed by atoms with Crippen molar-refractivity contribution in [3.63, 3.8) is 0 Å². The van der Waals surface area contributed by atoms with E-state index in [-0.39, 0.29) is 0 Å². The molecular formula is C17H13Cl3N4. The number of nitrogens with one attached hydrogen (secondary N) is 2. The van der Waals surface area contributed by atoms with Crippen molar-refractivity contribution in [1.29, 1.82) is 0 Å². The molecule has 122 valence electrons. The van der Waals surface area contributed by atoms with Gasteiger partial charge in [-0.1, -0.05) is 46.9 Å². The summed E-state index contributed by atoms with van der Waals surface area (Å²) in [6.45, 7) is 0.601. The van der Waals surface area contributed by atoms with Crippen molar-refractivity contribution in [3.8, 4) is 0 Å². The van der Waals surface area contributed by atoms with Gasteiger partial charge in [-0.15, -0.1) is 0 Å². The van der Waals surface area contributed by atoms with Crippen molar-refractivity contribution in [3.05, 3.63) is 75.4 Å². The highest BCUT2D eigenvalue weighted by Gasteiger charge is 2.03. The second-order valence-corrected chi connectivity index (χ2v) is 6.34. The normalized spacial score (nSPS) is 10.5. The molecule has 0 radical (unpaired) electrons. The summed E-state index contributed by atoms with van der Waals surface area (Å²) in [7, 11) is 0. The average Bonchev–Trinajstić information content (AvgIpc) is 2.54. The monoisotopic (exact) mass is 378 g/mol. The Balaban J connectivity index is 1.68. The van der Waals surface area contributed by atoms with Crippen LogP contribution in [0, 0.1) is 0 Å². The summed E-state index contributed by atoms with van der Waals surface area (Å²) in [5.74, 6) is 1.16. The number of hydrogen-bond donors (Lipinski definition) is 2. The minimum Gasteiger partial charge on any atom is -0.350 e. The van der Waals surface area contributed by atoms with Crippen LogP contribution in [-0.4, -0.2) is 9.97 Å². The Morgan fingerprint density at radius 1 is 0.833 bits per heavy atom. The third-order valence-corrected chi connectivity index (χ3v) is 3.84. The van der Waals surface area contributed by atoms with Crippen LogP contribution >= 0.6 is 34.8 Å². The summed E-state index contributed by atoms with van der Waals surface area (Å²) in [6, 6.07) is 14.6. The Kier molecular flexibility index (Phi) is 5.41. The molecule has 0 spiro atoms. The summed E-state index contributed by atoms with van der Waals surface area (Å²) in [5, 5.41) is 8.15. The van der Waals surface area contributed by atoms with Crippen LogP contribution in [0.4, 0.5) is 17.5 Å². The Morgan fingerprint density at radius 3 is 2.25 bits per heavy atom. The summed E-state index contributed by atoms with van der Waals surface area (Å²) in [4.78, 5) is 8.62. The molecular weight excluding hydrogens is 367 g/mol. The van der Waals surface area contributed by atoms with E-state index in [9.17, 15) is 0 Å². The molecule has 1 heterocycles. The van der Waals surface area contributed by atoms with Crippen LogP contribution in [0.1, 0.15) is 5.56 Å². The highest BCUT2D eigenvalue weighted by Crippen LogP contribution is 2.24. The number of aromatic nitrogens is 2. The van der Waals surface area contributed by atoms with E-state index >= 15 is 0 Å². The molecule has 0 aliphatic carbocycles. The fourth-order valence-electron chi connectivity index (χ4n) is 2.07. The Bertz CT molecular complexity index is 817. The lowest BCUT2D eigenvalue weighted by atomic mass is 10.2. The lowest BCUT2D eigenvalue weighted by Crippen LogP contribution is -2.04. The van der Waals surface area contributed by atoms with Crippen LogP contribution < -0.4 is 10.6 Å². The topological polar surface area (TPSA) is 49.8 Å². The molecule has 2 N–H and O–H groups in total. The number of benzene rings is 2. The molecule has 24 heavy (non-hydrogen) atoms. The molecule has 0 amide bonds. The van der Waals surface area contributed by atoms with Gasteiger partial charge < -0.3 is 10.6 Å². The van der Waals surface area contributed by atoms with E-state index in [1.54, 1.807) is 30.5 Å². The fourth-order valence-corrected chi connectivity index (χ4v) is 2.72. The van der Waals surface area contributed by atoms with Crippen molar-refractivity contribution >= 4 is 52.3 Å². The zero-order valence-electron chi connectivity index (χ0n) is 12.4. The lowest BCUT2D eigenvalue weighted by molar-refractivity contribution is 1.06. The Hall–Kier alpha value is -2.01. The van der Waals surface area contributed by atoms with E-state index in [0.29, 0.717) is 33.4 Å². The Morgan fingerprint density at radius 2 is 1.54 bits per heavy atom. The largest absolute Gasteiger partial charge is 0.350 e. The van der Waals surface area contributed by atoms with Gasteiger partial charge in [0.2, 0.25) is 5.95 Å². The number of halogens is 3. The third kappa shape index (κ3) is 4.74. The quantitative estimate of drug-likeness (QED) is 0.589. The van der Waals surface area contributed by atoms with Crippen LogP contribution in [-0.2, 0) is 6.54 Å². The van der Waals surface area contributed by atoms with Crippen LogP contribution in [0.3, 0.4) is 0 Å². The smallest absolute Gasteiger partial charge is 0.224 e. The van der Waals surface area contributed by atoms with Crippen molar-refractivity contribution in [2.75, 3.05) is 10.6 Å². The van der Waals surface area contributed by atoms with Gasteiger partial charge in [-0.25, -0.2) is 4.98 Å². The SMILES string of the molecule is Clc1ccc(CNc2nccc(Nc3cc(Cl)cc(Cl)c3)n2)cc1. The van der Waals surface area contributed by atoms with Gasteiger partial charge in [0.05, 0.1) is 0 Å². The van der Waals surface area contributed by atoms with Gasteiger partial charge in [-0.05, 0) is 42.0 Å². The molecule has 7 heteroatoms. The molecule has 0 atom stereocenters. The van der Waals surface area contributed by atoms with Crippen molar-refractivity contribution in [1.82, 2.24) is 9.97 Å². The van der Waals surface area contributed by atoms with Gasteiger partial charge in [0, 0.05) is 33.5 Å². The molecule has 4 nitrogen and oxygen atoms in total. The molecule has 0 aliphatic rings. The molecule has 0 bridgehead atoms. The number of rotatable bonds is 5. The van der Waals surface area contributed by atoms with Gasteiger partial charge in [-0.3, -0.25) is 0 Å². The van der Waals surface area contributed by atoms with Crippen LogP contribution in [0.25, 0.3) is 0 Å². The maximum atomic E-state index is 6.00. The van der Waals surface area contributed by atoms with Gasteiger partial charge >= 0.3 is 0 Å². The Labute approximate surface area is 154 Å². The second-order valence-electron chi connectivity index (χ2n) is 5.03. The molecule has 0 aliphatic heterocycles. The standard InChI is InChI=1S/C17H13Cl3N4/c18-12-3-1-11(2-4-12)10-22-17-21-6-5-16(24-17)23-15-8-13(19)7-14(20)9-15/h1-9H,10H2,(H2,21,22,23,24). The molecule has 0 unspecified atom stereocenters. The third-order valence-electron chi connectivity index (χ3n) is 3.15. The highest BCUT2D eigenvalue weighted by atomic mass is 35.5. The minimum absolute atomic E-state index is 0.517. The summed E-state index contributed by atoms with van der Waals surface area (Å²) in [6.07, 6.45) is 1.67. The summed E-state index contributed by atoms with van der Waals surface area (Å²) in [5.41, 5.74) is 1.85. The molecule has 0 fully saturated rings. The van der Waals surface area contributed by atoms with Gasteiger partial charge in [0.25, 0.3) is 0 Å². The average molecular weight is 380 g/mol. The molecule has 0 saturated heterocycles. The maximum absolute atomic E-state index is 6.00. The molecule has 3 rings (SSSR count).